The molecule has 0 saturated carbocycles. The standard InChI is InChI=1S/C16H22ClFN2O/c17-15-8-13(18)3-4-14(15)16-11-20(6-7-21-16)10-12-2-1-5-19-9-12/h3-4,8,12,16,19H,1-2,5-7,9-11H2. The Hall–Kier alpha value is -0.680. The highest BCUT2D eigenvalue weighted by atomic mass is 35.5. The summed E-state index contributed by atoms with van der Waals surface area (Å²) in [6, 6.07) is 4.56. The Morgan fingerprint density at radius 3 is 3.10 bits per heavy atom. The van der Waals surface area contributed by atoms with Gasteiger partial charge in [-0.3, -0.25) is 4.90 Å². The summed E-state index contributed by atoms with van der Waals surface area (Å²) in [4.78, 5) is 2.45. The molecular weight excluding hydrogens is 291 g/mol. The van der Waals surface area contributed by atoms with E-state index in [1.807, 2.05) is 0 Å². The molecule has 0 aliphatic carbocycles. The van der Waals surface area contributed by atoms with Gasteiger partial charge in [-0.25, -0.2) is 4.39 Å². The number of rotatable bonds is 3. The predicted molar refractivity (Wildman–Crippen MR) is 82.1 cm³/mol. The van der Waals surface area contributed by atoms with Crippen LogP contribution in [0.2, 0.25) is 5.02 Å². The van der Waals surface area contributed by atoms with E-state index in [4.69, 9.17) is 16.3 Å². The smallest absolute Gasteiger partial charge is 0.124 e. The van der Waals surface area contributed by atoms with E-state index in [0.717, 1.165) is 44.2 Å². The van der Waals surface area contributed by atoms with Crippen molar-refractivity contribution in [3.05, 3.63) is 34.6 Å². The first-order chi connectivity index (χ1) is 10.2. The summed E-state index contributed by atoms with van der Waals surface area (Å²) in [6.07, 6.45) is 2.51. The summed E-state index contributed by atoms with van der Waals surface area (Å²) >= 11 is 6.15. The molecule has 1 aromatic rings. The third-order valence-corrected chi connectivity index (χ3v) is 4.70. The lowest BCUT2D eigenvalue weighted by Crippen LogP contribution is -2.44. The van der Waals surface area contributed by atoms with Crippen LogP contribution in [0, 0.1) is 11.7 Å². The van der Waals surface area contributed by atoms with E-state index in [0.29, 0.717) is 11.6 Å². The van der Waals surface area contributed by atoms with Crippen LogP contribution in [-0.2, 0) is 4.74 Å². The topological polar surface area (TPSA) is 24.5 Å². The van der Waals surface area contributed by atoms with E-state index in [-0.39, 0.29) is 11.9 Å². The highest BCUT2D eigenvalue weighted by Crippen LogP contribution is 2.29. The molecule has 2 unspecified atom stereocenters. The maximum Gasteiger partial charge on any atom is 0.124 e. The van der Waals surface area contributed by atoms with Crippen LogP contribution in [0.15, 0.2) is 18.2 Å². The van der Waals surface area contributed by atoms with Crippen molar-refractivity contribution in [2.75, 3.05) is 39.3 Å². The van der Waals surface area contributed by atoms with Crippen molar-refractivity contribution in [1.29, 1.82) is 0 Å². The number of benzene rings is 1. The van der Waals surface area contributed by atoms with E-state index in [1.54, 1.807) is 6.07 Å². The van der Waals surface area contributed by atoms with E-state index < -0.39 is 0 Å². The summed E-state index contributed by atoms with van der Waals surface area (Å²) in [5.41, 5.74) is 0.893. The fraction of sp³-hybridized carbons (Fsp3) is 0.625. The first kappa shape index (κ1) is 15.2. The number of nitrogens with one attached hydrogen (secondary N) is 1. The van der Waals surface area contributed by atoms with Crippen molar-refractivity contribution in [3.63, 3.8) is 0 Å². The monoisotopic (exact) mass is 312 g/mol. The minimum Gasteiger partial charge on any atom is -0.371 e. The first-order valence-corrected chi connectivity index (χ1v) is 8.10. The lowest BCUT2D eigenvalue weighted by atomic mass is 9.98. The Labute approximate surface area is 130 Å². The fourth-order valence-electron chi connectivity index (χ4n) is 3.26. The van der Waals surface area contributed by atoms with Crippen molar-refractivity contribution in [3.8, 4) is 0 Å². The Morgan fingerprint density at radius 1 is 1.43 bits per heavy atom. The quantitative estimate of drug-likeness (QED) is 0.929. The van der Waals surface area contributed by atoms with Gasteiger partial charge in [-0.1, -0.05) is 17.7 Å². The second kappa shape index (κ2) is 7.05. The average molecular weight is 313 g/mol. The fourth-order valence-corrected chi connectivity index (χ4v) is 3.55. The van der Waals surface area contributed by atoms with Crippen LogP contribution in [0.5, 0.6) is 0 Å². The first-order valence-electron chi connectivity index (χ1n) is 7.72. The second-order valence-corrected chi connectivity index (χ2v) is 6.40. The van der Waals surface area contributed by atoms with E-state index >= 15 is 0 Å². The minimum atomic E-state index is -0.301. The molecule has 21 heavy (non-hydrogen) atoms. The van der Waals surface area contributed by atoms with Crippen molar-refractivity contribution >= 4 is 11.6 Å². The van der Waals surface area contributed by atoms with Crippen LogP contribution in [0.3, 0.4) is 0 Å². The van der Waals surface area contributed by atoms with Gasteiger partial charge in [-0.05, 0) is 44.0 Å². The summed E-state index contributed by atoms with van der Waals surface area (Å²) in [7, 11) is 0. The number of halogens is 2. The van der Waals surface area contributed by atoms with Gasteiger partial charge < -0.3 is 10.1 Å². The zero-order valence-electron chi connectivity index (χ0n) is 12.2. The number of hydrogen-bond donors (Lipinski definition) is 1. The van der Waals surface area contributed by atoms with Gasteiger partial charge in [0.25, 0.3) is 0 Å². The Bertz CT molecular complexity index is 479. The predicted octanol–water partition coefficient (Wildman–Crippen LogP) is 2.85. The lowest BCUT2D eigenvalue weighted by Gasteiger charge is -2.36. The van der Waals surface area contributed by atoms with Gasteiger partial charge in [-0.15, -0.1) is 0 Å². The number of piperidine rings is 1. The number of ether oxygens (including phenoxy) is 1. The summed E-state index contributed by atoms with van der Waals surface area (Å²) in [5, 5.41) is 3.92. The van der Waals surface area contributed by atoms with Crippen LogP contribution in [-0.4, -0.2) is 44.2 Å². The molecule has 0 bridgehead atoms. The van der Waals surface area contributed by atoms with Gasteiger partial charge in [0.05, 0.1) is 12.7 Å². The Kier molecular flexibility index (Phi) is 5.11. The molecule has 2 heterocycles. The van der Waals surface area contributed by atoms with Crippen molar-refractivity contribution < 1.29 is 9.13 Å². The molecule has 0 amide bonds. The molecular formula is C16H22ClFN2O. The SMILES string of the molecule is Fc1ccc(C2CN(CC3CCCNC3)CCO2)c(Cl)c1. The van der Waals surface area contributed by atoms with Crippen LogP contribution >= 0.6 is 11.6 Å². The molecule has 2 aliphatic rings. The molecule has 1 aromatic carbocycles. The van der Waals surface area contributed by atoms with Crippen molar-refractivity contribution in [1.82, 2.24) is 10.2 Å². The largest absolute Gasteiger partial charge is 0.371 e. The molecule has 2 aliphatic heterocycles. The van der Waals surface area contributed by atoms with E-state index in [1.165, 1.54) is 25.0 Å². The molecule has 0 radical (unpaired) electrons. The average Bonchev–Trinajstić information content (AvgIpc) is 2.48. The van der Waals surface area contributed by atoms with E-state index in [2.05, 4.69) is 10.2 Å². The molecule has 5 heteroatoms. The summed E-state index contributed by atoms with van der Waals surface area (Å²) in [5.74, 6) is 0.422. The van der Waals surface area contributed by atoms with Crippen LogP contribution in [0.1, 0.15) is 24.5 Å². The normalized spacial score (nSPS) is 27.7. The molecule has 1 N–H and O–H groups in total. The molecule has 3 nitrogen and oxygen atoms in total. The van der Waals surface area contributed by atoms with Gasteiger partial charge in [0.2, 0.25) is 0 Å². The van der Waals surface area contributed by atoms with Gasteiger partial charge >= 0.3 is 0 Å². The van der Waals surface area contributed by atoms with Crippen LogP contribution in [0.25, 0.3) is 0 Å². The number of morpholine rings is 1. The highest BCUT2D eigenvalue weighted by molar-refractivity contribution is 6.31. The lowest BCUT2D eigenvalue weighted by molar-refractivity contribution is -0.0353. The maximum atomic E-state index is 13.2. The third-order valence-electron chi connectivity index (χ3n) is 4.38. The van der Waals surface area contributed by atoms with Gasteiger partial charge in [0.15, 0.2) is 0 Å². The molecule has 2 saturated heterocycles. The number of nitrogens with zero attached hydrogens (tertiary/aromatic N) is 1. The highest BCUT2D eigenvalue weighted by Gasteiger charge is 2.26. The molecule has 2 atom stereocenters. The number of hydrogen-bond acceptors (Lipinski definition) is 3. The molecule has 0 spiro atoms. The van der Waals surface area contributed by atoms with E-state index in [9.17, 15) is 4.39 Å². The molecule has 3 rings (SSSR count). The van der Waals surface area contributed by atoms with Gasteiger partial charge in [0.1, 0.15) is 5.82 Å². The summed E-state index contributed by atoms with van der Waals surface area (Å²) in [6.45, 7) is 5.87. The van der Waals surface area contributed by atoms with Crippen LogP contribution in [0.4, 0.5) is 4.39 Å². The molecule has 2 fully saturated rings. The maximum absolute atomic E-state index is 13.2. The zero-order chi connectivity index (χ0) is 14.7. The van der Waals surface area contributed by atoms with Crippen molar-refractivity contribution in [2.24, 2.45) is 5.92 Å². The summed E-state index contributed by atoms with van der Waals surface area (Å²) < 4.78 is 19.0. The minimum absolute atomic E-state index is 0.0524. The zero-order valence-corrected chi connectivity index (χ0v) is 12.9. The second-order valence-electron chi connectivity index (χ2n) is 6.00. The van der Waals surface area contributed by atoms with Crippen molar-refractivity contribution in [2.45, 2.75) is 18.9 Å². The third kappa shape index (κ3) is 3.95. The van der Waals surface area contributed by atoms with Gasteiger partial charge in [-0.2, -0.15) is 0 Å². The Balaban J connectivity index is 1.62. The van der Waals surface area contributed by atoms with Crippen LogP contribution < -0.4 is 5.32 Å². The van der Waals surface area contributed by atoms with Gasteiger partial charge in [0, 0.05) is 30.2 Å². The molecule has 0 aromatic heterocycles. The molecule has 116 valence electrons. The Morgan fingerprint density at radius 2 is 2.33 bits per heavy atom.